The molecule has 1 atom stereocenters. The molecule has 2 aromatic carbocycles. The van der Waals surface area contributed by atoms with Gasteiger partial charge < -0.3 is 19.7 Å². The van der Waals surface area contributed by atoms with Gasteiger partial charge in [0, 0.05) is 53.2 Å². The largest absolute Gasteiger partial charge is 0.489 e. The van der Waals surface area contributed by atoms with Gasteiger partial charge in [0.2, 0.25) is 0 Å². The van der Waals surface area contributed by atoms with Crippen molar-refractivity contribution in [3.63, 3.8) is 0 Å². The zero-order valence-electron chi connectivity index (χ0n) is 20.0. The van der Waals surface area contributed by atoms with Gasteiger partial charge in [-0.3, -0.25) is 4.79 Å². The Morgan fingerprint density at radius 3 is 2.41 bits per heavy atom. The average Bonchev–Trinajstić information content (AvgIpc) is 3.30. The van der Waals surface area contributed by atoms with E-state index in [4.69, 9.17) is 21.6 Å². The van der Waals surface area contributed by atoms with Crippen LogP contribution in [0.1, 0.15) is 50.0 Å². The van der Waals surface area contributed by atoms with Crippen molar-refractivity contribution in [2.75, 3.05) is 18.0 Å². The van der Waals surface area contributed by atoms with Crippen LogP contribution in [0.15, 0.2) is 42.5 Å². The molecule has 0 unspecified atom stereocenters. The molecule has 7 heteroatoms. The summed E-state index contributed by atoms with van der Waals surface area (Å²) >= 11 is 6.17. The van der Waals surface area contributed by atoms with Crippen molar-refractivity contribution < 1.29 is 14.3 Å². The molecule has 1 aliphatic heterocycles. The number of carbonyl (C=O) groups is 2. The minimum atomic E-state index is -0.321. The van der Waals surface area contributed by atoms with Gasteiger partial charge in [0.05, 0.1) is 10.6 Å². The van der Waals surface area contributed by atoms with Crippen molar-refractivity contribution in [3.05, 3.63) is 58.6 Å². The number of halogens is 1. The first-order chi connectivity index (χ1) is 16.1. The minimum absolute atomic E-state index is 0.0847. The van der Waals surface area contributed by atoms with Gasteiger partial charge in [-0.1, -0.05) is 39.3 Å². The van der Waals surface area contributed by atoms with E-state index in [1.807, 2.05) is 24.3 Å². The van der Waals surface area contributed by atoms with Gasteiger partial charge in [-0.05, 0) is 42.8 Å². The first-order valence-electron chi connectivity index (χ1n) is 11.6. The summed E-state index contributed by atoms with van der Waals surface area (Å²) in [6.45, 7) is 9.91. The first kappa shape index (κ1) is 24.1. The number of aldehydes is 1. The highest BCUT2D eigenvalue weighted by molar-refractivity contribution is 6.31. The molecule has 4 rings (SSSR count). The molecule has 0 spiro atoms. The first-order valence-corrected chi connectivity index (χ1v) is 11.9. The third kappa shape index (κ3) is 4.25. The summed E-state index contributed by atoms with van der Waals surface area (Å²) in [6.07, 6.45) is 1.74. The van der Waals surface area contributed by atoms with Crippen LogP contribution in [0.5, 0.6) is 5.75 Å². The second-order valence-electron chi connectivity index (χ2n) is 10.5. The summed E-state index contributed by atoms with van der Waals surface area (Å²) in [7, 11) is 0. The molecule has 0 bridgehead atoms. The maximum atomic E-state index is 13.1. The summed E-state index contributed by atoms with van der Waals surface area (Å²) in [5.74, 6) is 0.570. The normalized spacial score (nSPS) is 24.6. The second kappa shape index (κ2) is 8.96. The van der Waals surface area contributed by atoms with E-state index in [2.05, 4.69) is 44.0 Å². The highest BCUT2D eigenvalue weighted by Crippen LogP contribution is 2.55. The number of carbonyl (C=O) groups excluding carboxylic acids is 2. The lowest BCUT2D eigenvalue weighted by molar-refractivity contribution is -0.164. The molecule has 178 valence electrons. The van der Waals surface area contributed by atoms with E-state index in [0.717, 1.165) is 31.5 Å². The predicted molar refractivity (Wildman–Crippen MR) is 132 cm³/mol. The van der Waals surface area contributed by atoms with Crippen molar-refractivity contribution in [3.8, 4) is 11.8 Å². The number of nitrogens with one attached hydrogen (secondary N) is 1. The zero-order valence-corrected chi connectivity index (χ0v) is 20.7. The quantitative estimate of drug-likeness (QED) is 0.599. The Balaban J connectivity index is 1.42. The molecule has 2 aliphatic rings. The molecule has 1 saturated heterocycles. The van der Waals surface area contributed by atoms with Crippen molar-refractivity contribution in [2.45, 2.75) is 46.3 Å². The van der Waals surface area contributed by atoms with Crippen LogP contribution in [0.3, 0.4) is 0 Å². The fourth-order valence-electron chi connectivity index (χ4n) is 5.77. The Kier molecular flexibility index (Phi) is 6.35. The van der Waals surface area contributed by atoms with E-state index >= 15 is 0 Å². The number of rotatable bonds is 6. The van der Waals surface area contributed by atoms with Crippen LogP contribution in [0.4, 0.5) is 5.69 Å². The molecule has 1 amide bonds. The summed E-state index contributed by atoms with van der Waals surface area (Å²) in [5, 5.41) is 12.7. The van der Waals surface area contributed by atoms with Gasteiger partial charge in [0.15, 0.2) is 0 Å². The lowest BCUT2D eigenvalue weighted by atomic mass is 9.49. The molecule has 0 aromatic heterocycles. The molecule has 1 N–H and O–H groups in total. The average molecular weight is 480 g/mol. The van der Waals surface area contributed by atoms with E-state index in [1.165, 1.54) is 0 Å². The number of ether oxygens (including phenoxy) is 1. The summed E-state index contributed by atoms with van der Waals surface area (Å²) in [5.41, 5.74) is 1.40. The Bertz CT molecular complexity index is 1120. The zero-order chi connectivity index (χ0) is 24.7. The summed E-state index contributed by atoms with van der Waals surface area (Å²) < 4.78 is 6.29. The van der Waals surface area contributed by atoms with E-state index in [-0.39, 0.29) is 34.8 Å². The van der Waals surface area contributed by atoms with Crippen LogP contribution >= 0.6 is 11.6 Å². The molecular weight excluding hydrogens is 450 g/mol. The summed E-state index contributed by atoms with van der Waals surface area (Å²) in [4.78, 5) is 26.3. The highest BCUT2D eigenvalue weighted by Gasteiger charge is 2.64. The number of nitriles is 1. The second-order valence-corrected chi connectivity index (χ2v) is 10.9. The van der Waals surface area contributed by atoms with E-state index in [0.29, 0.717) is 21.9 Å². The Labute approximate surface area is 205 Å². The van der Waals surface area contributed by atoms with Crippen LogP contribution in [-0.4, -0.2) is 37.4 Å². The van der Waals surface area contributed by atoms with Crippen LogP contribution in [-0.2, 0) is 4.79 Å². The topological polar surface area (TPSA) is 82.4 Å². The van der Waals surface area contributed by atoms with Crippen molar-refractivity contribution in [1.29, 1.82) is 5.26 Å². The molecule has 1 aliphatic carbocycles. The molecular formula is C27H30ClN3O3. The van der Waals surface area contributed by atoms with Crippen molar-refractivity contribution >= 4 is 29.5 Å². The SMILES string of the molecule is CC1(C)C(NC(=O)c2ccc(N3CC[C@H](C=O)C3)cc2)C(C)(C)C1Oc1ccc(C#N)c(Cl)c1. The maximum absolute atomic E-state index is 13.1. The molecule has 34 heavy (non-hydrogen) atoms. The maximum Gasteiger partial charge on any atom is 0.251 e. The Hall–Kier alpha value is -3.04. The van der Waals surface area contributed by atoms with Gasteiger partial charge in [-0.2, -0.15) is 5.26 Å². The van der Waals surface area contributed by atoms with Crippen molar-refractivity contribution in [2.24, 2.45) is 16.7 Å². The molecule has 2 aromatic rings. The van der Waals surface area contributed by atoms with E-state index < -0.39 is 0 Å². The number of amides is 1. The number of nitrogens with zero attached hydrogens (tertiary/aromatic N) is 2. The van der Waals surface area contributed by atoms with Crippen LogP contribution in [0, 0.1) is 28.1 Å². The highest BCUT2D eigenvalue weighted by atomic mass is 35.5. The van der Waals surface area contributed by atoms with Gasteiger partial charge in [-0.25, -0.2) is 0 Å². The van der Waals surface area contributed by atoms with Gasteiger partial charge in [-0.15, -0.1) is 0 Å². The smallest absolute Gasteiger partial charge is 0.251 e. The predicted octanol–water partition coefficient (Wildman–Crippen LogP) is 4.85. The number of benzene rings is 2. The van der Waals surface area contributed by atoms with Crippen molar-refractivity contribution in [1.82, 2.24) is 5.32 Å². The molecule has 1 heterocycles. The Morgan fingerprint density at radius 1 is 1.18 bits per heavy atom. The summed E-state index contributed by atoms with van der Waals surface area (Å²) in [6, 6.07) is 14.6. The minimum Gasteiger partial charge on any atom is -0.489 e. The van der Waals surface area contributed by atoms with Crippen LogP contribution in [0.25, 0.3) is 0 Å². The lowest BCUT2D eigenvalue weighted by Crippen LogP contribution is -2.74. The monoisotopic (exact) mass is 479 g/mol. The van der Waals surface area contributed by atoms with Crippen LogP contribution < -0.4 is 15.0 Å². The van der Waals surface area contributed by atoms with Gasteiger partial charge in [0.1, 0.15) is 24.2 Å². The van der Waals surface area contributed by atoms with E-state index in [1.54, 1.807) is 18.2 Å². The third-order valence-electron chi connectivity index (χ3n) is 7.34. The molecule has 1 saturated carbocycles. The number of hydrogen-bond donors (Lipinski definition) is 1. The Morgan fingerprint density at radius 2 is 1.85 bits per heavy atom. The van der Waals surface area contributed by atoms with E-state index in [9.17, 15) is 9.59 Å². The fourth-order valence-corrected chi connectivity index (χ4v) is 5.98. The van der Waals surface area contributed by atoms with Crippen LogP contribution in [0.2, 0.25) is 5.02 Å². The number of hydrogen-bond acceptors (Lipinski definition) is 5. The molecule has 2 fully saturated rings. The van der Waals surface area contributed by atoms with Gasteiger partial charge in [0.25, 0.3) is 5.91 Å². The lowest BCUT2D eigenvalue weighted by Gasteiger charge is -2.63. The molecule has 0 radical (unpaired) electrons. The van der Waals surface area contributed by atoms with Gasteiger partial charge >= 0.3 is 0 Å². The number of anilines is 1. The third-order valence-corrected chi connectivity index (χ3v) is 7.65. The fraction of sp³-hybridized carbons (Fsp3) is 0.444. The molecule has 6 nitrogen and oxygen atoms in total. The standard InChI is InChI=1S/C27H30ClN3O3/c1-26(2)24(27(3,4)25(26)34-21-10-7-19(14-29)22(28)13-21)30-23(33)18-5-8-20(9-6-18)31-12-11-17(15-31)16-32/h5-10,13,16-17,24-25H,11-12,15H2,1-4H3,(H,30,33)/t17-,24?,25?/m0/s1.